The van der Waals surface area contributed by atoms with Crippen LogP contribution >= 0.6 is 0 Å². The lowest BCUT2D eigenvalue weighted by Crippen LogP contribution is -2.56. The highest BCUT2D eigenvalue weighted by Crippen LogP contribution is 2.22. The van der Waals surface area contributed by atoms with Crippen molar-refractivity contribution < 1.29 is 19.6 Å². The molecule has 0 radical (unpaired) electrons. The van der Waals surface area contributed by atoms with E-state index in [4.69, 9.17) is 5.11 Å². The molecule has 0 rings (SSSR count). The van der Waals surface area contributed by atoms with Gasteiger partial charge in [0.05, 0.1) is 0 Å². The van der Waals surface area contributed by atoms with E-state index in [1.54, 1.807) is 0 Å². The fourth-order valence-corrected chi connectivity index (χ4v) is 1.22. The van der Waals surface area contributed by atoms with Crippen molar-refractivity contribution in [1.82, 2.24) is 0 Å². The zero-order valence-electron chi connectivity index (χ0n) is 7.60. The number of rotatable bonds is 4. The number of carboxylic acids is 1. The molecular weight excluding hydrogens is 178 g/mol. The van der Waals surface area contributed by atoms with Crippen LogP contribution in [0, 0.1) is 16.0 Å². The average molecular weight is 189 g/mol. The lowest BCUT2D eigenvalue weighted by Gasteiger charge is -2.21. The average Bonchev–Trinajstić information content (AvgIpc) is 1.82. The van der Waals surface area contributed by atoms with Gasteiger partial charge in [0.1, 0.15) is 0 Å². The molecule has 0 fully saturated rings. The Morgan fingerprint density at radius 3 is 1.85 bits per heavy atom. The quantitative estimate of drug-likeness (QED) is 0.390. The van der Waals surface area contributed by atoms with E-state index >= 15 is 0 Å². The second-order valence-corrected chi connectivity index (χ2v) is 3.04. The molecule has 0 saturated carbocycles. The number of carboxylic acid groups (broad SMARTS) is 1. The number of hydrogen-bond donors (Lipinski definition) is 1. The van der Waals surface area contributed by atoms with E-state index in [1.165, 1.54) is 13.8 Å². The van der Waals surface area contributed by atoms with Crippen LogP contribution < -0.4 is 0 Å². The molecule has 13 heavy (non-hydrogen) atoms. The van der Waals surface area contributed by atoms with Crippen molar-refractivity contribution in [2.75, 3.05) is 0 Å². The van der Waals surface area contributed by atoms with Gasteiger partial charge in [0.15, 0.2) is 0 Å². The molecule has 0 aliphatic rings. The first-order chi connectivity index (χ1) is 5.77. The summed E-state index contributed by atoms with van der Waals surface area (Å²) in [6.07, 6.45) is 0. The molecule has 0 heterocycles. The molecule has 0 aromatic heterocycles. The minimum absolute atomic E-state index is 0.877. The van der Waals surface area contributed by atoms with Gasteiger partial charge < -0.3 is 5.11 Å². The van der Waals surface area contributed by atoms with Crippen molar-refractivity contribution in [2.24, 2.45) is 5.92 Å². The number of nitro groups is 1. The van der Waals surface area contributed by atoms with Crippen molar-refractivity contribution in [3.05, 3.63) is 10.1 Å². The monoisotopic (exact) mass is 189 g/mol. The van der Waals surface area contributed by atoms with Crippen LogP contribution in [0.25, 0.3) is 0 Å². The Hall–Kier alpha value is -1.46. The third kappa shape index (κ3) is 1.51. The third-order valence-electron chi connectivity index (χ3n) is 1.99. The van der Waals surface area contributed by atoms with Crippen LogP contribution in [-0.2, 0) is 9.59 Å². The summed E-state index contributed by atoms with van der Waals surface area (Å²) in [4.78, 5) is 31.2. The number of aliphatic carboxylic acids is 1. The Bertz CT molecular complexity index is 222. The molecule has 6 nitrogen and oxygen atoms in total. The number of hydrogen-bond acceptors (Lipinski definition) is 4. The summed E-state index contributed by atoms with van der Waals surface area (Å²) in [5.41, 5.74) is -2.50. The maximum absolute atomic E-state index is 11.0. The first-order valence-electron chi connectivity index (χ1n) is 3.66. The summed E-state index contributed by atoms with van der Waals surface area (Å²) in [6.45, 7) is 3.58. The minimum atomic E-state index is -2.50. The predicted molar refractivity (Wildman–Crippen MR) is 42.9 cm³/mol. The van der Waals surface area contributed by atoms with Gasteiger partial charge in [-0.15, -0.1) is 0 Å². The lowest BCUT2D eigenvalue weighted by molar-refractivity contribution is -0.546. The minimum Gasteiger partial charge on any atom is -0.476 e. The van der Waals surface area contributed by atoms with Gasteiger partial charge in [-0.1, -0.05) is 13.8 Å². The number of ketones is 1. The molecule has 1 unspecified atom stereocenters. The summed E-state index contributed by atoms with van der Waals surface area (Å²) in [7, 11) is 0. The predicted octanol–water partition coefficient (Wildman–Crippen LogP) is 0.332. The molecule has 0 amide bonds. The van der Waals surface area contributed by atoms with Crippen molar-refractivity contribution in [3.8, 4) is 0 Å². The van der Waals surface area contributed by atoms with Crippen LogP contribution in [0.5, 0.6) is 0 Å². The Labute approximate surface area is 74.7 Å². The second kappa shape index (κ2) is 3.51. The van der Waals surface area contributed by atoms with Crippen LogP contribution in [-0.4, -0.2) is 27.3 Å². The fourth-order valence-electron chi connectivity index (χ4n) is 1.22. The summed E-state index contributed by atoms with van der Waals surface area (Å²) in [5, 5.41) is 19.2. The van der Waals surface area contributed by atoms with E-state index in [1.807, 2.05) is 0 Å². The smallest absolute Gasteiger partial charge is 0.390 e. The first kappa shape index (κ1) is 11.5. The second-order valence-electron chi connectivity index (χ2n) is 3.04. The third-order valence-corrected chi connectivity index (χ3v) is 1.99. The topological polar surface area (TPSA) is 97.5 Å². The molecule has 0 bridgehead atoms. The van der Waals surface area contributed by atoms with E-state index in [9.17, 15) is 19.7 Å². The number of Topliss-reactive ketones (excluding diaryl/α,β-unsaturated/α-hetero) is 1. The van der Waals surface area contributed by atoms with E-state index in [-0.39, 0.29) is 0 Å². The van der Waals surface area contributed by atoms with Crippen LogP contribution in [0.4, 0.5) is 0 Å². The molecular formula is C7H11NO5. The van der Waals surface area contributed by atoms with Gasteiger partial charge in [0, 0.05) is 17.8 Å². The molecule has 0 aliphatic heterocycles. The van der Waals surface area contributed by atoms with Gasteiger partial charge in [-0.3, -0.25) is 14.9 Å². The molecule has 6 heteroatoms. The summed E-state index contributed by atoms with van der Waals surface area (Å²) in [6, 6.07) is 0. The highest BCUT2D eigenvalue weighted by Gasteiger charge is 2.59. The molecule has 0 aliphatic carbocycles. The zero-order valence-corrected chi connectivity index (χ0v) is 7.60. The maximum atomic E-state index is 11.0. The van der Waals surface area contributed by atoms with Gasteiger partial charge >= 0.3 is 11.5 Å². The summed E-state index contributed by atoms with van der Waals surface area (Å²) in [5.74, 6) is -3.54. The van der Waals surface area contributed by atoms with Gasteiger partial charge in [-0.25, -0.2) is 4.79 Å². The lowest BCUT2D eigenvalue weighted by atomic mass is 9.84. The van der Waals surface area contributed by atoms with Crippen LogP contribution in [0.2, 0.25) is 0 Å². The first-order valence-corrected chi connectivity index (χ1v) is 3.66. The number of carbonyl (C=O) groups excluding carboxylic acids is 1. The van der Waals surface area contributed by atoms with E-state index in [2.05, 4.69) is 0 Å². The van der Waals surface area contributed by atoms with Gasteiger partial charge in [-0.05, 0) is 0 Å². The Morgan fingerprint density at radius 1 is 1.46 bits per heavy atom. The van der Waals surface area contributed by atoms with Crippen LogP contribution in [0.1, 0.15) is 20.8 Å². The van der Waals surface area contributed by atoms with Crippen molar-refractivity contribution in [2.45, 2.75) is 26.3 Å². The fraction of sp³-hybridized carbons (Fsp3) is 0.714. The Balaban J connectivity index is 5.46. The molecule has 0 spiro atoms. The Kier molecular flexibility index (Phi) is 3.11. The molecule has 0 aromatic rings. The van der Waals surface area contributed by atoms with Gasteiger partial charge in [0.2, 0.25) is 5.78 Å². The van der Waals surface area contributed by atoms with E-state index in [0.717, 1.165) is 6.92 Å². The molecule has 74 valence electrons. The highest BCUT2D eigenvalue weighted by atomic mass is 16.6. The van der Waals surface area contributed by atoms with Crippen molar-refractivity contribution in [1.29, 1.82) is 0 Å². The standard InChI is InChI=1S/C7H11NO5/c1-4(2)7(5(3)9,6(10)11)8(12)13/h4H,1-3H3,(H,10,11). The SMILES string of the molecule is CC(=O)C(C(=O)O)(C(C)C)[N+](=O)[O-]. The number of nitrogens with zero attached hydrogens (tertiary/aromatic N) is 1. The molecule has 1 N–H and O–H groups in total. The highest BCUT2D eigenvalue weighted by molar-refractivity contribution is 6.05. The van der Waals surface area contributed by atoms with Crippen LogP contribution in [0.3, 0.4) is 0 Å². The van der Waals surface area contributed by atoms with Crippen molar-refractivity contribution in [3.63, 3.8) is 0 Å². The molecule has 1 atom stereocenters. The van der Waals surface area contributed by atoms with Crippen molar-refractivity contribution >= 4 is 11.8 Å². The summed E-state index contributed by atoms with van der Waals surface area (Å²) >= 11 is 0. The van der Waals surface area contributed by atoms with E-state index in [0.29, 0.717) is 0 Å². The molecule has 0 saturated heterocycles. The zero-order chi connectivity index (χ0) is 10.8. The van der Waals surface area contributed by atoms with E-state index < -0.39 is 28.1 Å². The normalized spacial score (nSPS) is 15.1. The number of carbonyl (C=O) groups is 2. The van der Waals surface area contributed by atoms with Crippen LogP contribution in [0.15, 0.2) is 0 Å². The maximum Gasteiger partial charge on any atom is 0.390 e. The van der Waals surface area contributed by atoms with Gasteiger partial charge in [-0.2, -0.15) is 0 Å². The largest absolute Gasteiger partial charge is 0.476 e. The molecule has 0 aromatic carbocycles. The van der Waals surface area contributed by atoms with Gasteiger partial charge in [0.25, 0.3) is 0 Å². The Morgan fingerprint density at radius 2 is 1.85 bits per heavy atom. The summed E-state index contributed by atoms with van der Waals surface area (Å²) < 4.78 is 0.